The molecule has 7 atom stereocenters. The third-order valence-electron chi connectivity index (χ3n) is 10.5. The highest BCUT2D eigenvalue weighted by atomic mass is 31.2. The summed E-state index contributed by atoms with van der Waals surface area (Å²) in [4.78, 5) is 37.7. The van der Waals surface area contributed by atoms with Crippen molar-refractivity contribution in [1.29, 1.82) is 0 Å². The smallest absolute Gasteiger partial charge is 0.306 e. The predicted octanol–water partition coefficient (Wildman–Crippen LogP) is 8.10. The Kier molecular flexibility index (Phi) is 30.1. The maximum atomic E-state index is 12.8. The van der Waals surface area contributed by atoms with E-state index in [-0.39, 0.29) is 44.3 Å². The Morgan fingerprint density at radius 3 is 1.96 bits per heavy atom. The fraction of sp³-hybridized carbons (Fsp3) is 0.864. The number of aliphatic hydroxyl groups is 3. The number of hydrogen-bond acceptors (Lipinski definition) is 11. The number of hydrogen-bond donors (Lipinski definition) is 3. The van der Waals surface area contributed by atoms with E-state index in [1.807, 2.05) is 39.4 Å². The first-order chi connectivity index (χ1) is 27.2. The first-order valence-electron chi connectivity index (χ1n) is 22.3. The van der Waals surface area contributed by atoms with Crippen LogP contribution in [0.1, 0.15) is 162 Å². The number of phosphoric acid groups is 1. The minimum Gasteiger partial charge on any atom is -0.756 e. The van der Waals surface area contributed by atoms with Gasteiger partial charge in [-0.25, -0.2) is 0 Å². The molecule has 1 fully saturated rings. The van der Waals surface area contributed by atoms with Crippen molar-refractivity contribution in [3.8, 4) is 0 Å². The Bertz CT molecular complexity index is 1140. The van der Waals surface area contributed by atoms with Gasteiger partial charge >= 0.3 is 11.9 Å². The zero-order valence-corrected chi connectivity index (χ0v) is 37.3. The van der Waals surface area contributed by atoms with Crippen LogP contribution < -0.4 is 4.89 Å². The number of carbonyl (C=O) groups is 2. The summed E-state index contributed by atoms with van der Waals surface area (Å²) >= 11 is 0. The number of allylic oxidation sites excluding steroid dienone is 2. The molecule has 1 aliphatic rings. The Balaban J connectivity index is 2.52. The molecule has 1 unspecified atom stereocenters. The standard InChI is InChI=1S/C44H82NO11P/c1-6-8-10-11-12-13-14-15-16-17-18-19-24-28-43(49)53-35-38(36-55-57(51,52)54-33-32-45(3,4)5)56-44(50)29-25-21-20-23-27-39-40(42(48)34-41(39)47)31-30-37(46)26-22-9-7-2/h20,23,30-31,37-42,46-48H,6-19,21-22,24-29,32-36H2,1-5H3/b23-20-,31-30+/t37-,38+,39+,40-,41+,42-/m0/s1. The van der Waals surface area contributed by atoms with Crippen LogP contribution in [0.2, 0.25) is 0 Å². The summed E-state index contributed by atoms with van der Waals surface area (Å²) in [5, 5.41) is 31.4. The molecule has 0 saturated heterocycles. The summed E-state index contributed by atoms with van der Waals surface area (Å²) in [6.07, 6.45) is 25.8. The normalized spacial score (nSPS) is 20.9. The van der Waals surface area contributed by atoms with Crippen LogP contribution in [0, 0.1) is 11.8 Å². The summed E-state index contributed by atoms with van der Waals surface area (Å²) in [7, 11) is 1.02. The molecule has 57 heavy (non-hydrogen) atoms. The van der Waals surface area contributed by atoms with Crippen LogP contribution in [0.5, 0.6) is 0 Å². The molecule has 0 aliphatic heterocycles. The first-order valence-corrected chi connectivity index (χ1v) is 23.8. The van der Waals surface area contributed by atoms with Gasteiger partial charge in [-0.2, -0.15) is 0 Å². The Morgan fingerprint density at radius 2 is 1.35 bits per heavy atom. The number of quaternary nitrogens is 1. The molecule has 0 heterocycles. The van der Waals surface area contributed by atoms with Crippen LogP contribution in [0.25, 0.3) is 0 Å². The molecule has 0 aromatic carbocycles. The summed E-state index contributed by atoms with van der Waals surface area (Å²) in [6.45, 7) is 3.84. The van der Waals surface area contributed by atoms with Crippen LogP contribution in [0.15, 0.2) is 24.3 Å². The van der Waals surface area contributed by atoms with Crippen LogP contribution in [-0.4, -0.2) is 104 Å². The van der Waals surface area contributed by atoms with E-state index in [1.54, 1.807) is 6.08 Å². The van der Waals surface area contributed by atoms with Gasteiger partial charge in [0.15, 0.2) is 6.10 Å². The minimum atomic E-state index is -4.69. The van der Waals surface area contributed by atoms with Crippen LogP contribution in [0.4, 0.5) is 0 Å². The molecule has 0 bridgehead atoms. The molecule has 0 aromatic heterocycles. The zero-order chi connectivity index (χ0) is 42.4. The lowest BCUT2D eigenvalue weighted by Gasteiger charge is -2.28. The van der Waals surface area contributed by atoms with Crippen molar-refractivity contribution in [2.75, 3.05) is 47.5 Å². The number of esters is 2. The second-order valence-corrected chi connectivity index (χ2v) is 18.4. The van der Waals surface area contributed by atoms with Crippen molar-refractivity contribution in [3.05, 3.63) is 24.3 Å². The number of aliphatic hydroxyl groups excluding tert-OH is 3. The number of phosphoric ester groups is 1. The maximum absolute atomic E-state index is 12.8. The van der Waals surface area contributed by atoms with Gasteiger partial charge in [0.05, 0.1) is 46.1 Å². The van der Waals surface area contributed by atoms with Gasteiger partial charge < -0.3 is 43.2 Å². The highest BCUT2D eigenvalue weighted by Crippen LogP contribution is 2.38. The summed E-state index contributed by atoms with van der Waals surface area (Å²) in [5.41, 5.74) is 0. The Labute approximate surface area is 346 Å². The van der Waals surface area contributed by atoms with E-state index in [0.29, 0.717) is 43.1 Å². The molecule has 0 radical (unpaired) electrons. The quantitative estimate of drug-likeness (QED) is 0.0183. The molecule has 334 valence electrons. The van der Waals surface area contributed by atoms with Crippen molar-refractivity contribution in [2.45, 2.75) is 186 Å². The van der Waals surface area contributed by atoms with E-state index in [2.05, 4.69) is 13.8 Å². The van der Waals surface area contributed by atoms with Gasteiger partial charge in [0.25, 0.3) is 7.82 Å². The van der Waals surface area contributed by atoms with E-state index in [4.69, 9.17) is 18.5 Å². The molecular weight excluding hydrogens is 749 g/mol. The molecule has 1 rings (SSSR count). The average Bonchev–Trinajstić information content (AvgIpc) is 3.41. The second kappa shape index (κ2) is 32.2. The molecule has 0 amide bonds. The lowest BCUT2D eigenvalue weighted by molar-refractivity contribution is -0.870. The van der Waals surface area contributed by atoms with Gasteiger partial charge in [-0.1, -0.05) is 134 Å². The zero-order valence-electron chi connectivity index (χ0n) is 36.4. The van der Waals surface area contributed by atoms with Gasteiger partial charge in [-0.15, -0.1) is 0 Å². The van der Waals surface area contributed by atoms with Crippen molar-refractivity contribution in [2.24, 2.45) is 11.8 Å². The topological polar surface area (TPSA) is 172 Å². The van der Waals surface area contributed by atoms with Crippen LogP contribution in [0.3, 0.4) is 0 Å². The fourth-order valence-corrected chi connectivity index (χ4v) is 7.67. The summed E-state index contributed by atoms with van der Waals surface area (Å²) in [5.74, 6) is -1.44. The Hall–Kier alpha value is -1.63. The van der Waals surface area contributed by atoms with Crippen molar-refractivity contribution >= 4 is 19.8 Å². The van der Waals surface area contributed by atoms with Gasteiger partial charge in [-0.3, -0.25) is 14.2 Å². The number of likely N-dealkylation sites (N-methyl/N-ethyl adjacent to an activating group) is 1. The second-order valence-electron chi connectivity index (χ2n) is 17.0. The molecule has 3 N–H and O–H groups in total. The van der Waals surface area contributed by atoms with E-state index in [9.17, 15) is 34.4 Å². The minimum absolute atomic E-state index is 0.0504. The van der Waals surface area contributed by atoms with Crippen LogP contribution in [-0.2, 0) is 32.7 Å². The number of ether oxygens (including phenoxy) is 2. The molecule has 0 spiro atoms. The maximum Gasteiger partial charge on any atom is 0.306 e. The first kappa shape index (κ1) is 53.4. The summed E-state index contributed by atoms with van der Waals surface area (Å²) < 4.78 is 33.8. The molecule has 0 aromatic rings. The Morgan fingerprint density at radius 1 is 0.772 bits per heavy atom. The van der Waals surface area contributed by atoms with Gasteiger partial charge in [0, 0.05) is 25.2 Å². The van der Waals surface area contributed by atoms with Crippen LogP contribution >= 0.6 is 7.82 Å². The molecule has 1 aliphatic carbocycles. The predicted molar refractivity (Wildman–Crippen MR) is 224 cm³/mol. The molecule has 13 heteroatoms. The van der Waals surface area contributed by atoms with E-state index < -0.39 is 50.8 Å². The monoisotopic (exact) mass is 832 g/mol. The third-order valence-corrected chi connectivity index (χ3v) is 11.5. The molecular formula is C44H82NO11P. The SMILES string of the molecule is CCCCCCCCCCCCCCCC(=O)OC[C@H](COP(=O)([O-])OCC[N+](C)(C)C)OC(=O)CCC/C=C\C[C@@H]1[C@H](/C=C/[C@@H](O)CCCCC)[C@@H](O)C[C@H]1O. The van der Waals surface area contributed by atoms with Gasteiger partial charge in [0.1, 0.15) is 19.8 Å². The highest BCUT2D eigenvalue weighted by molar-refractivity contribution is 7.45. The number of rotatable bonds is 36. The van der Waals surface area contributed by atoms with Crippen molar-refractivity contribution in [1.82, 2.24) is 0 Å². The third kappa shape index (κ3) is 29.3. The number of nitrogens with zero attached hydrogens (tertiary/aromatic N) is 1. The van der Waals surface area contributed by atoms with Crippen molar-refractivity contribution < 1.29 is 57.4 Å². The van der Waals surface area contributed by atoms with E-state index in [1.165, 1.54) is 57.8 Å². The van der Waals surface area contributed by atoms with Gasteiger partial charge in [0.2, 0.25) is 0 Å². The van der Waals surface area contributed by atoms with Gasteiger partial charge in [-0.05, 0) is 38.0 Å². The largest absolute Gasteiger partial charge is 0.756 e. The number of unbranched alkanes of at least 4 members (excludes halogenated alkanes) is 15. The lowest BCUT2D eigenvalue weighted by atomic mass is 9.89. The average molecular weight is 832 g/mol. The number of carbonyl (C=O) groups excluding carboxylic acids is 2. The van der Waals surface area contributed by atoms with Crippen molar-refractivity contribution in [3.63, 3.8) is 0 Å². The molecule has 1 saturated carbocycles. The van der Waals surface area contributed by atoms with E-state index >= 15 is 0 Å². The lowest BCUT2D eigenvalue weighted by Crippen LogP contribution is -2.37. The molecule has 12 nitrogen and oxygen atoms in total. The van der Waals surface area contributed by atoms with E-state index in [0.717, 1.165) is 38.5 Å². The summed E-state index contributed by atoms with van der Waals surface area (Å²) in [6, 6.07) is 0. The fourth-order valence-electron chi connectivity index (χ4n) is 6.94. The highest BCUT2D eigenvalue weighted by Gasteiger charge is 2.39.